The van der Waals surface area contributed by atoms with Crippen molar-refractivity contribution in [3.8, 4) is 6.07 Å². The molecule has 0 aliphatic carbocycles. The molecule has 0 unspecified atom stereocenters. The number of carbonyl (C=O) groups is 1. The zero-order valence-electron chi connectivity index (χ0n) is 10.5. The van der Waals surface area contributed by atoms with Gasteiger partial charge in [-0.25, -0.2) is 0 Å². The van der Waals surface area contributed by atoms with Gasteiger partial charge in [-0.3, -0.25) is 9.69 Å². The predicted molar refractivity (Wildman–Crippen MR) is 68.1 cm³/mol. The highest BCUT2D eigenvalue weighted by Crippen LogP contribution is 2.19. The third-order valence-electron chi connectivity index (χ3n) is 3.61. The number of hydrogen-bond donors (Lipinski definition) is 1. The summed E-state index contributed by atoms with van der Waals surface area (Å²) in [6, 6.07) is 9.83. The smallest absolute Gasteiger partial charge is 0.246 e. The molecule has 0 radical (unpaired) electrons. The lowest BCUT2D eigenvalue weighted by atomic mass is 10.1. The van der Waals surface area contributed by atoms with E-state index in [0.717, 1.165) is 19.6 Å². The molecule has 0 bridgehead atoms. The molecule has 0 aromatic heterocycles. The number of ether oxygens (including phenoxy) is 1. The molecule has 1 N–H and O–H groups in total. The Bertz CT molecular complexity index is 520. The molecule has 2 saturated heterocycles. The lowest BCUT2D eigenvalue weighted by molar-refractivity contribution is -0.134. The van der Waals surface area contributed by atoms with Gasteiger partial charge in [-0.1, -0.05) is 12.1 Å². The molecule has 0 saturated carbocycles. The first kappa shape index (κ1) is 12.2. The minimum Gasteiger partial charge on any atom is -0.365 e. The maximum atomic E-state index is 11.3. The molecule has 1 amide bonds. The summed E-state index contributed by atoms with van der Waals surface area (Å²) in [6.07, 6.45) is 0.107. The molecule has 2 aliphatic rings. The molecule has 1 aromatic rings. The first-order valence-corrected chi connectivity index (χ1v) is 6.37. The van der Waals surface area contributed by atoms with E-state index in [1.807, 2.05) is 24.3 Å². The van der Waals surface area contributed by atoms with Gasteiger partial charge in [0.2, 0.25) is 5.91 Å². The molecule has 5 heteroatoms. The largest absolute Gasteiger partial charge is 0.365 e. The molecule has 2 heterocycles. The van der Waals surface area contributed by atoms with E-state index in [1.165, 1.54) is 5.56 Å². The van der Waals surface area contributed by atoms with Crippen LogP contribution in [0.25, 0.3) is 0 Å². The average Bonchev–Trinajstić information content (AvgIpc) is 2.81. The molecule has 3 rings (SSSR count). The third kappa shape index (κ3) is 2.60. The number of rotatable bonds is 2. The van der Waals surface area contributed by atoms with Crippen LogP contribution in [0.5, 0.6) is 0 Å². The van der Waals surface area contributed by atoms with Crippen LogP contribution in [-0.4, -0.2) is 42.6 Å². The standard InChI is InChI=1S/C14H15N3O2/c15-5-10-1-3-11(4-2-10)6-17-7-12-13(8-17)19-9-14(18)16-12/h1-4,12-13H,6-9H2,(H,16,18)/t12-,13+/m1/s1. The highest BCUT2D eigenvalue weighted by molar-refractivity contribution is 5.78. The van der Waals surface area contributed by atoms with E-state index < -0.39 is 0 Å². The van der Waals surface area contributed by atoms with Gasteiger partial charge in [0.05, 0.1) is 23.8 Å². The molecule has 0 spiro atoms. The molecular formula is C14H15N3O2. The third-order valence-corrected chi connectivity index (χ3v) is 3.61. The van der Waals surface area contributed by atoms with Crippen molar-refractivity contribution in [2.75, 3.05) is 19.7 Å². The number of morpholine rings is 1. The number of likely N-dealkylation sites (tertiary alicyclic amines) is 1. The van der Waals surface area contributed by atoms with Crippen LogP contribution in [0.2, 0.25) is 0 Å². The van der Waals surface area contributed by atoms with Crippen molar-refractivity contribution < 1.29 is 9.53 Å². The summed E-state index contributed by atoms with van der Waals surface area (Å²) < 4.78 is 5.52. The number of benzene rings is 1. The quantitative estimate of drug-likeness (QED) is 0.825. The Balaban J connectivity index is 1.62. The van der Waals surface area contributed by atoms with Crippen LogP contribution in [-0.2, 0) is 16.1 Å². The maximum Gasteiger partial charge on any atom is 0.246 e. The van der Waals surface area contributed by atoms with Crippen LogP contribution in [0.3, 0.4) is 0 Å². The fourth-order valence-electron chi connectivity index (χ4n) is 2.66. The summed E-state index contributed by atoms with van der Waals surface area (Å²) in [6.45, 7) is 2.64. The molecule has 2 atom stereocenters. The highest BCUT2D eigenvalue weighted by Gasteiger charge is 2.37. The second-order valence-corrected chi connectivity index (χ2v) is 5.03. The first-order chi connectivity index (χ1) is 9.24. The lowest BCUT2D eigenvalue weighted by Crippen LogP contribution is -2.50. The Morgan fingerprint density at radius 1 is 1.37 bits per heavy atom. The number of amides is 1. The van der Waals surface area contributed by atoms with Crippen molar-refractivity contribution in [3.63, 3.8) is 0 Å². The Hall–Kier alpha value is -1.90. The van der Waals surface area contributed by atoms with Crippen molar-refractivity contribution in [2.24, 2.45) is 0 Å². The molecule has 2 aliphatic heterocycles. The van der Waals surface area contributed by atoms with Crippen molar-refractivity contribution in [1.29, 1.82) is 5.26 Å². The van der Waals surface area contributed by atoms with Crippen molar-refractivity contribution in [1.82, 2.24) is 10.2 Å². The second-order valence-electron chi connectivity index (χ2n) is 5.03. The average molecular weight is 257 g/mol. The van der Waals surface area contributed by atoms with Gasteiger partial charge in [0.15, 0.2) is 0 Å². The highest BCUT2D eigenvalue weighted by atomic mass is 16.5. The summed E-state index contributed by atoms with van der Waals surface area (Å²) >= 11 is 0. The molecule has 5 nitrogen and oxygen atoms in total. The van der Waals surface area contributed by atoms with Crippen molar-refractivity contribution in [3.05, 3.63) is 35.4 Å². The van der Waals surface area contributed by atoms with Crippen LogP contribution in [0.4, 0.5) is 0 Å². The van der Waals surface area contributed by atoms with Gasteiger partial charge in [-0.15, -0.1) is 0 Å². The van der Waals surface area contributed by atoms with E-state index in [1.54, 1.807) is 0 Å². The predicted octanol–water partition coefficient (Wildman–Crippen LogP) is 0.257. The van der Waals surface area contributed by atoms with Gasteiger partial charge in [-0.2, -0.15) is 5.26 Å². The summed E-state index contributed by atoms with van der Waals surface area (Å²) in [4.78, 5) is 13.5. The fourth-order valence-corrected chi connectivity index (χ4v) is 2.66. The fraction of sp³-hybridized carbons (Fsp3) is 0.429. The van der Waals surface area contributed by atoms with Gasteiger partial charge < -0.3 is 10.1 Å². The van der Waals surface area contributed by atoms with Gasteiger partial charge in [0, 0.05) is 19.6 Å². The van der Waals surface area contributed by atoms with Gasteiger partial charge in [-0.05, 0) is 17.7 Å². The van der Waals surface area contributed by atoms with Crippen LogP contribution in [0.15, 0.2) is 24.3 Å². The minimum atomic E-state index is -0.0264. The molecule has 19 heavy (non-hydrogen) atoms. The summed E-state index contributed by atoms with van der Waals surface area (Å²) in [7, 11) is 0. The van der Waals surface area contributed by atoms with Crippen molar-refractivity contribution in [2.45, 2.75) is 18.7 Å². The monoisotopic (exact) mass is 257 g/mol. The summed E-state index contributed by atoms with van der Waals surface area (Å²) in [5, 5.41) is 11.7. The van der Waals surface area contributed by atoms with Gasteiger partial charge in [0.1, 0.15) is 6.61 Å². The number of carbonyl (C=O) groups excluding carboxylic acids is 1. The maximum absolute atomic E-state index is 11.3. The Morgan fingerprint density at radius 2 is 2.16 bits per heavy atom. The molecule has 2 fully saturated rings. The molecular weight excluding hydrogens is 242 g/mol. The number of nitrogens with one attached hydrogen (secondary N) is 1. The normalized spacial score (nSPS) is 26.6. The Kier molecular flexibility index (Phi) is 3.20. The zero-order valence-corrected chi connectivity index (χ0v) is 10.5. The van der Waals surface area contributed by atoms with E-state index in [9.17, 15) is 4.79 Å². The van der Waals surface area contributed by atoms with Crippen LogP contribution in [0.1, 0.15) is 11.1 Å². The number of fused-ring (bicyclic) bond motifs is 1. The van der Waals surface area contributed by atoms with E-state index >= 15 is 0 Å². The Morgan fingerprint density at radius 3 is 2.89 bits per heavy atom. The van der Waals surface area contributed by atoms with E-state index in [2.05, 4.69) is 16.3 Å². The zero-order chi connectivity index (χ0) is 13.2. The Labute approximate surface area is 111 Å². The first-order valence-electron chi connectivity index (χ1n) is 6.37. The van der Waals surface area contributed by atoms with E-state index in [-0.39, 0.29) is 24.7 Å². The summed E-state index contributed by atoms with van der Waals surface area (Å²) in [5.41, 5.74) is 1.85. The van der Waals surface area contributed by atoms with E-state index in [0.29, 0.717) is 5.56 Å². The lowest BCUT2D eigenvalue weighted by Gasteiger charge is -2.25. The second kappa shape index (κ2) is 5.00. The van der Waals surface area contributed by atoms with Gasteiger partial charge in [0.25, 0.3) is 0 Å². The van der Waals surface area contributed by atoms with E-state index in [4.69, 9.17) is 10.00 Å². The van der Waals surface area contributed by atoms with Crippen LogP contribution < -0.4 is 5.32 Å². The molecule has 1 aromatic carbocycles. The topological polar surface area (TPSA) is 65.4 Å². The number of nitrogens with zero attached hydrogens (tertiary/aromatic N) is 2. The van der Waals surface area contributed by atoms with Gasteiger partial charge >= 0.3 is 0 Å². The molecule has 98 valence electrons. The minimum absolute atomic E-state index is 0.0264. The van der Waals surface area contributed by atoms with Crippen LogP contribution >= 0.6 is 0 Å². The number of hydrogen-bond acceptors (Lipinski definition) is 4. The number of nitriles is 1. The van der Waals surface area contributed by atoms with Crippen LogP contribution in [0, 0.1) is 11.3 Å². The van der Waals surface area contributed by atoms with Crippen molar-refractivity contribution >= 4 is 5.91 Å². The SMILES string of the molecule is N#Cc1ccc(CN2C[C@@H]3OCC(=O)N[C@@H]3C2)cc1. The summed E-state index contributed by atoms with van der Waals surface area (Å²) in [5.74, 6) is -0.0264.